The van der Waals surface area contributed by atoms with Crippen molar-refractivity contribution in [2.24, 2.45) is 7.05 Å². The van der Waals surface area contributed by atoms with Gasteiger partial charge in [0.1, 0.15) is 11.3 Å². The molecule has 5 rings (SSSR count). The molecule has 3 heterocycles. The third-order valence-electron chi connectivity index (χ3n) is 5.31. The Morgan fingerprint density at radius 2 is 1.88 bits per heavy atom. The van der Waals surface area contributed by atoms with Crippen LogP contribution in [0.25, 0.3) is 22.4 Å². The summed E-state index contributed by atoms with van der Waals surface area (Å²) in [5.41, 5.74) is 1.92. The van der Waals surface area contributed by atoms with Crippen LogP contribution in [0, 0.1) is 0 Å². The molecular formula is C22H15Cl3N3O2S2+. The molecule has 0 saturated heterocycles. The minimum Gasteiger partial charge on any atom is -0.507 e. The van der Waals surface area contributed by atoms with E-state index in [0.29, 0.717) is 42.6 Å². The summed E-state index contributed by atoms with van der Waals surface area (Å²) < 4.78 is 4.14. The molecule has 0 spiro atoms. The van der Waals surface area contributed by atoms with Gasteiger partial charge in [-0.2, -0.15) is 4.57 Å². The molecule has 0 amide bonds. The van der Waals surface area contributed by atoms with E-state index in [-0.39, 0.29) is 17.4 Å². The second-order valence-electron chi connectivity index (χ2n) is 7.26. The van der Waals surface area contributed by atoms with Gasteiger partial charge in [0.2, 0.25) is 0 Å². The number of fused-ring (bicyclic) bond motifs is 1. The van der Waals surface area contributed by atoms with E-state index in [1.807, 2.05) is 17.7 Å². The van der Waals surface area contributed by atoms with Gasteiger partial charge in [0.15, 0.2) is 16.2 Å². The van der Waals surface area contributed by atoms with Crippen LogP contribution < -0.4 is 10.1 Å². The Bertz CT molecular complexity index is 1410. The third-order valence-corrected chi connectivity index (χ3v) is 8.18. The molecule has 1 N–H and O–H groups in total. The molecule has 0 saturated carbocycles. The largest absolute Gasteiger partial charge is 0.507 e. The van der Waals surface area contributed by atoms with Crippen LogP contribution in [0.1, 0.15) is 10.9 Å². The molecule has 0 bridgehead atoms. The predicted molar refractivity (Wildman–Crippen MR) is 130 cm³/mol. The van der Waals surface area contributed by atoms with Crippen molar-refractivity contribution in [1.29, 1.82) is 0 Å². The Labute approximate surface area is 206 Å². The van der Waals surface area contributed by atoms with E-state index in [2.05, 4.69) is 4.98 Å². The van der Waals surface area contributed by atoms with E-state index in [9.17, 15) is 9.90 Å². The fraction of sp³-hybridized carbons (Fsp3) is 0.136. The number of phenols is 1. The van der Waals surface area contributed by atoms with Gasteiger partial charge in [-0.05, 0) is 47.7 Å². The number of phenolic OH excluding ortho intramolecular Hbond substituents is 1. The highest BCUT2D eigenvalue weighted by Crippen LogP contribution is 2.41. The number of thiazole rings is 1. The molecule has 2 aromatic heterocycles. The Kier molecular flexibility index (Phi) is 5.72. The van der Waals surface area contributed by atoms with E-state index >= 15 is 0 Å². The zero-order valence-corrected chi connectivity index (χ0v) is 20.5. The first kappa shape index (κ1) is 21.8. The molecule has 2 aromatic carbocycles. The summed E-state index contributed by atoms with van der Waals surface area (Å²) in [6.07, 6.45) is 1.71. The highest BCUT2D eigenvalue weighted by Gasteiger charge is 2.40. The van der Waals surface area contributed by atoms with Crippen molar-refractivity contribution in [3.8, 4) is 28.1 Å². The number of halogens is 3. The number of rotatable bonds is 3. The van der Waals surface area contributed by atoms with Crippen LogP contribution >= 0.6 is 57.9 Å². The van der Waals surface area contributed by atoms with E-state index in [4.69, 9.17) is 34.8 Å². The Morgan fingerprint density at radius 1 is 1.16 bits per heavy atom. The molecule has 1 aliphatic heterocycles. The number of para-hydroxylation sites is 1. The summed E-state index contributed by atoms with van der Waals surface area (Å²) in [6.45, 7) is 0. The topological polar surface area (TPSA) is 59.0 Å². The van der Waals surface area contributed by atoms with Gasteiger partial charge in [-0.1, -0.05) is 46.9 Å². The van der Waals surface area contributed by atoms with Gasteiger partial charge in [-0.3, -0.25) is 0 Å². The number of hydrogen-bond acceptors (Lipinski definition) is 5. The van der Waals surface area contributed by atoms with Crippen molar-refractivity contribution < 1.29 is 9.67 Å². The van der Waals surface area contributed by atoms with Gasteiger partial charge < -0.3 is 5.11 Å². The van der Waals surface area contributed by atoms with E-state index in [1.165, 1.54) is 11.3 Å². The highest BCUT2D eigenvalue weighted by molar-refractivity contribution is 7.99. The van der Waals surface area contributed by atoms with Gasteiger partial charge in [0, 0.05) is 16.2 Å². The maximum atomic E-state index is 14.1. The van der Waals surface area contributed by atoms with E-state index < -0.39 is 0 Å². The second-order valence-corrected chi connectivity index (χ2v) is 10.8. The molecule has 4 aromatic rings. The summed E-state index contributed by atoms with van der Waals surface area (Å²) in [5.74, 6) is 0.747. The smallest absolute Gasteiger partial charge is 0.347 e. The quantitative estimate of drug-likeness (QED) is 0.271. The number of aromatic hydroxyl groups is 1. The fourth-order valence-corrected chi connectivity index (χ4v) is 6.93. The van der Waals surface area contributed by atoms with Gasteiger partial charge in [0.05, 0.1) is 23.2 Å². The summed E-state index contributed by atoms with van der Waals surface area (Å²) in [5, 5.41) is 12.3. The first-order chi connectivity index (χ1) is 15.3. The van der Waals surface area contributed by atoms with Crippen LogP contribution in [-0.4, -0.2) is 20.4 Å². The number of benzene rings is 2. The predicted octanol–water partition coefficient (Wildman–Crippen LogP) is 5.82. The van der Waals surface area contributed by atoms with Crippen LogP contribution in [0.4, 0.5) is 0 Å². The zero-order chi connectivity index (χ0) is 22.6. The second kappa shape index (κ2) is 8.39. The Balaban J connectivity index is 1.88. The van der Waals surface area contributed by atoms with Crippen molar-refractivity contribution in [2.45, 2.75) is 11.2 Å². The fourth-order valence-electron chi connectivity index (χ4n) is 3.98. The number of aromatic nitrogens is 3. The molecule has 32 heavy (non-hydrogen) atoms. The molecule has 1 atom stereocenters. The summed E-state index contributed by atoms with van der Waals surface area (Å²) in [7, 11) is 1.89. The molecule has 1 aliphatic rings. The Hall–Kier alpha value is -2.03. The standard InChI is InChI=1S/C22H14Cl3N3O2S2/c1-27-19(14-4-2-3-5-16(14)29)18(11-6-12(23)8-13(24)7-11)20(30)28-15(10-31-22(27)28)17-9-26-21(25)32-17/h2-9,15H,10H2,1H3/p+1/t15-/m1/s1. The summed E-state index contributed by atoms with van der Waals surface area (Å²) in [6, 6.07) is 11.8. The lowest BCUT2D eigenvalue weighted by molar-refractivity contribution is -0.704. The van der Waals surface area contributed by atoms with Gasteiger partial charge in [0.25, 0.3) is 0 Å². The van der Waals surface area contributed by atoms with Crippen molar-refractivity contribution in [3.05, 3.63) is 78.4 Å². The van der Waals surface area contributed by atoms with Crippen LogP contribution in [0.2, 0.25) is 14.5 Å². The average molecular weight is 524 g/mol. The number of thioether (sulfide) groups is 1. The lowest BCUT2D eigenvalue weighted by atomic mass is 9.99. The lowest BCUT2D eigenvalue weighted by Crippen LogP contribution is -2.43. The van der Waals surface area contributed by atoms with Gasteiger partial charge in [-0.25, -0.2) is 14.3 Å². The minimum atomic E-state index is -0.203. The van der Waals surface area contributed by atoms with Crippen molar-refractivity contribution in [3.63, 3.8) is 0 Å². The normalized spacial score (nSPS) is 15.2. The van der Waals surface area contributed by atoms with E-state index in [1.54, 1.807) is 58.9 Å². The van der Waals surface area contributed by atoms with Gasteiger partial charge >= 0.3 is 10.7 Å². The Morgan fingerprint density at radius 3 is 2.53 bits per heavy atom. The maximum absolute atomic E-state index is 14.1. The number of hydrogen-bond donors (Lipinski definition) is 1. The monoisotopic (exact) mass is 522 g/mol. The van der Waals surface area contributed by atoms with Crippen molar-refractivity contribution >= 4 is 57.9 Å². The molecule has 10 heteroatoms. The molecule has 0 unspecified atom stereocenters. The first-order valence-electron chi connectivity index (χ1n) is 9.52. The zero-order valence-electron chi connectivity index (χ0n) is 16.6. The third kappa shape index (κ3) is 3.62. The lowest BCUT2D eigenvalue weighted by Gasteiger charge is -2.15. The average Bonchev–Trinajstić information content (AvgIpc) is 3.37. The number of nitrogens with zero attached hydrogens (tertiary/aromatic N) is 3. The molecular weight excluding hydrogens is 509 g/mol. The van der Waals surface area contributed by atoms with E-state index in [0.717, 1.165) is 10.0 Å². The molecule has 0 radical (unpaired) electrons. The maximum Gasteiger partial charge on any atom is 0.347 e. The van der Waals surface area contributed by atoms with Crippen LogP contribution in [-0.2, 0) is 7.05 Å². The molecule has 0 aliphatic carbocycles. The first-order valence-corrected chi connectivity index (χ1v) is 12.5. The van der Waals surface area contributed by atoms with Crippen LogP contribution in [0.3, 0.4) is 0 Å². The van der Waals surface area contributed by atoms with Crippen LogP contribution in [0.5, 0.6) is 5.75 Å². The minimum absolute atomic E-state index is 0.0793. The highest BCUT2D eigenvalue weighted by atomic mass is 35.5. The molecule has 5 nitrogen and oxygen atoms in total. The van der Waals surface area contributed by atoms with Crippen molar-refractivity contribution in [2.75, 3.05) is 5.75 Å². The summed E-state index contributed by atoms with van der Waals surface area (Å²) >= 11 is 21.6. The SMILES string of the molecule is C[n+]1c(-c2ccccc2O)c(-c2cc(Cl)cc(Cl)c2)c(=O)n2c1SC[C@@H]2c1cnc(Cl)s1. The van der Waals surface area contributed by atoms with Crippen molar-refractivity contribution in [1.82, 2.24) is 9.55 Å². The molecule has 0 fully saturated rings. The summed E-state index contributed by atoms with van der Waals surface area (Å²) in [4.78, 5) is 19.1. The van der Waals surface area contributed by atoms with Gasteiger partial charge in [-0.15, -0.1) is 11.3 Å². The van der Waals surface area contributed by atoms with Crippen LogP contribution in [0.15, 0.2) is 58.6 Å². The molecule has 162 valence electrons.